The van der Waals surface area contributed by atoms with Crippen LogP contribution in [0, 0.1) is 6.92 Å². The van der Waals surface area contributed by atoms with Crippen molar-refractivity contribution in [1.82, 2.24) is 19.2 Å². The first-order valence-corrected chi connectivity index (χ1v) is 7.77. The molecule has 0 amide bonds. The summed E-state index contributed by atoms with van der Waals surface area (Å²) in [6, 6.07) is 0. The number of aryl methyl sites for hydroxylation is 1. The van der Waals surface area contributed by atoms with Gasteiger partial charge in [-0.1, -0.05) is 0 Å². The van der Waals surface area contributed by atoms with Gasteiger partial charge in [-0.2, -0.15) is 4.37 Å². The summed E-state index contributed by atoms with van der Waals surface area (Å²) in [6.07, 6.45) is 1.88. The van der Waals surface area contributed by atoms with E-state index in [0.717, 1.165) is 43.7 Å². The van der Waals surface area contributed by atoms with Crippen LogP contribution >= 0.6 is 35.3 Å². The van der Waals surface area contributed by atoms with Crippen molar-refractivity contribution in [3.8, 4) is 0 Å². The molecule has 0 spiro atoms. The van der Waals surface area contributed by atoms with Gasteiger partial charge in [0.1, 0.15) is 5.82 Å². The van der Waals surface area contributed by atoms with E-state index in [2.05, 4.69) is 24.1 Å². The second-order valence-corrected chi connectivity index (χ2v) is 6.43. The summed E-state index contributed by atoms with van der Waals surface area (Å²) in [5.41, 5.74) is 5.65. The average molecular weight is 333 g/mol. The Kier molecular flexibility index (Phi) is 5.14. The monoisotopic (exact) mass is 332 g/mol. The number of anilines is 2. The third-order valence-corrected chi connectivity index (χ3v) is 4.79. The van der Waals surface area contributed by atoms with Gasteiger partial charge in [-0.15, -0.1) is 23.7 Å². The highest BCUT2D eigenvalue weighted by Gasteiger charge is 2.20. The number of thiazole rings is 1. The summed E-state index contributed by atoms with van der Waals surface area (Å²) in [5, 5.41) is 1.69. The highest BCUT2D eigenvalue weighted by molar-refractivity contribution is 7.15. The zero-order valence-corrected chi connectivity index (χ0v) is 13.6. The number of hydrogen-bond acceptors (Lipinski definition) is 8. The number of aromatic nitrogens is 3. The van der Waals surface area contributed by atoms with Crippen molar-refractivity contribution in [2.45, 2.75) is 13.5 Å². The lowest BCUT2D eigenvalue weighted by molar-refractivity contribution is 0.251. The van der Waals surface area contributed by atoms with Gasteiger partial charge in [0.2, 0.25) is 5.13 Å². The fourth-order valence-corrected chi connectivity index (χ4v) is 3.58. The van der Waals surface area contributed by atoms with Gasteiger partial charge < -0.3 is 10.6 Å². The molecule has 2 N–H and O–H groups in total. The number of halogens is 1. The first kappa shape index (κ1) is 15.4. The lowest BCUT2D eigenvalue weighted by Crippen LogP contribution is -2.45. The van der Waals surface area contributed by atoms with Crippen molar-refractivity contribution < 1.29 is 0 Å². The van der Waals surface area contributed by atoms with Crippen LogP contribution < -0.4 is 10.6 Å². The zero-order valence-electron chi connectivity index (χ0n) is 11.2. The second kappa shape index (κ2) is 6.66. The van der Waals surface area contributed by atoms with E-state index in [4.69, 9.17) is 5.73 Å². The predicted octanol–water partition coefficient (Wildman–Crippen LogP) is 1.63. The number of rotatable bonds is 3. The quantitative estimate of drug-likeness (QED) is 0.921. The molecule has 9 heteroatoms. The molecule has 3 heterocycles. The summed E-state index contributed by atoms with van der Waals surface area (Å²) in [5.74, 6) is 0.863. The Hall–Kier alpha value is -0.960. The molecule has 110 valence electrons. The van der Waals surface area contributed by atoms with E-state index in [1.165, 1.54) is 16.4 Å². The second-order valence-electron chi connectivity index (χ2n) is 4.55. The van der Waals surface area contributed by atoms with Gasteiger partial charge in [-0.25, -0.2) is 9.97 Å². The van der Waals surface area contributed by atoms with Crippen molar-refractivity contribution in [1.29, 1.82) is 0 Å². The van der Waals surface area contributed by atoms with Crippen LogP contribution in [0.4, 0.5) is 10.3 Å². The van der Waals surface area contributed by atoms with E-state index in [-0.39, 0.29) is 12.4 Å². The van der Waals surface area contributed by atoms with Gasteiger partial charge >= 0.3 is 0 Å². The van der Waals surface area contributed by atoms with Crippen molar-refractivity contribution in [2.75, 3.05) is 36.8 Å². The summed E-state index contributed by atoms with van der Waals surface area (Å²) >= 11 is 3.06. The van der Waals surface area contributed by atoms with E-state index in [0.29, 0.717) is 5.13 Å². The van der Waals surface area contributed by atoms with Gasteiger partial charge in [0, 0.05) is 55.3 Å². The third-order valence-electron chi connectivity index (χ3n) is 3.11. The van der Waals surface area contributed by atoms with Crippen LogP contribution in [-0.4, -0.2) is 45.4 Å². The Morgan fingerprint density at radius 2 is 2.05 bits per heavy atom. The molecule has 6 nitrogen and oxygen atoms in total. The highest BCUT2D eigenvalue weighted by Crippen LogP contribution is 2.21. The van der Waals surface area contributed by atoms with E-state index in [1.54, 1.807) is 11.3 Å². The maximum atomic E-state index is 5.65. The molecule has 0 aromatic carbocycles. The van der Waals surface area contributed by atoms with Crippen LogP contribution in [0.3, 0.4) is 0 Å². The molecular formula is C11H17ClN6S2. The van der Waals surface area contributed by atoms with Crippen LogP contribution in [0.2, 0.25) is 0 Å². The molecule has 1 aliphatic heterocycles. The van der Waals surface area contributed by atoms with E-state index in [9.17, 15) is 0 Å². The van der Waals surface area contributed by atoms with E-state index >= 15 is 0 Å². The average Bonchev–Trinajstić information content (AvgIpc) is 3.00. The molecule has 1 saturated heterocycles. The Balaban J connectivity index is 0.00000147. The standard InChI is InChI=1S/C11H16N6S2.ClH/c1-8-14-11(19-15-8)17-4-2-16(3-5-17)7-9-6-13-10(12)18-9;/h6H,2-5,7H2,1H3,(H2,12,13);1H. The summed E-state index contributed by atoms with van der Waals surface area (Å²) in [6.45, 7) is 6.96. The number of piperazine rings is 1. The largest absolute Gasteiger partial charge is 0.375 e. The zero-order chi connectivity index (χ0) is 13.2. The van der Waals surface area contributed by atoms with Crippen molar-refractivity contribution in [2.24, 2.45) is 0 Å². The first-order chi connectivity index (χ1) is 9.20. The summed E-state index contributed by atoms with van der Waals surface area (Å²) < 4.78 is 4.24. The first-order valence-electron chi connectivity index (χ1n) is 6.18. The fourth-order valence-electron chi connectivity index (χ4n) is 2.13. The lowest BCUT2D eigenvalue weighted by Gasteiger charge is -2.33. The van der Waals surface area contributed by atoms with Gasteiger partial charge in [-0.3, -0.25) is 4.90 Å². The van der Waals surface area contributed by atoms with Crippen LogP contribution in [0.15, 0.2) is 6.20 Å². The summed E-state index contributed by atoms with van der Waals surface area (Å²) in [4.78, 5) is 14.5. The molecular weight excluding hydrogens is 316 g/mol. The minimum Gasteiger partial charge on any atom is -0.375 e. The topological polar surface area (TPSA) is 71.2 Å². The van der Waals surface area contributed by atoms with Gasteiger partial charge in [-0.05, 0) is 6.92 Å². The molecule has 1 aliphatic rings. The van der Waals surface area contributed by atoms with Crippen LogP contribution in [0.25, 0.3) is 0 Å². The molecule has 2 aromatic rings. The Morgan fingerprint density at radius 3 is 2.60 bits per heavy atom. The minimum atomic E-state index is 0. The molecule has 0 saturated carbocycles. The Morgan fingerprint density at radius 1 is 1.30 bits per heavy atom. The molecule has 0 radical (unpaired) electrons. The fraction of sp³-hybridized carbons (Fsp3) is 0.545. The van der Waals surface area contributed by atoms with Crippen LogP contribution in [-0.2, 0) is 6.54 Å². The normalized spacial score (nSPS) is 16.1. The minimum absolute atomic E-state index is 0. The van der Waals surface area contributed by atoms with E-state index < -0.39 is 0 Å². The van der Waals surface area contributed by atoms with Gasteiger partial charge in [0.15, 0.2) is 5.13 Å². The number of nitrogens with two attached hydrogens (primary N) is 1. The number of nitrogens with zero attached hydrogens (tertiary/aromatic N) is 5. The van der Waals surface area contributed by atoms with Crippen molar-refractivity contribution >= 4 is 45.5 Å². The highest BCUT2D eigenvalue weighted by atomic mass is 35.5. The SMILES string of the molecule is Cc1nsc(N2CCN(Cc3cnc(N)s3)CC2)n1.Cl. The van der Waals surface area contributed by atoms with Gasteiger partial charge in [0.05, 0.1) is 0 Å². The summed E-state index contributed by atoms with van der Waals surface area (Å²) in [7, 11) is 0. The number of nitrogen functional groups attached to an aromatic ring is 1. The smallest absolute Gasteiger partial charge is 0.205 e. The Bertz CT molecular complexity index is 549. The molecule has 1 fully saturated rings. The predicted molar refractivity (Wildman–Crippen MR) is 85.9 cm³/mol. The third kappa shape index (κ3) is 3.57. The molecule has 0 unspecified atom stereocenters. The molecule has 0 bridgehead atoms. The van der Waals surface area contributed by atoms with Crippen LogP contribution in [0.5, 0.6) is 0 Å². The maximum Gasteiger partial charge on any atom is 0.205 e. The van der Waals surface area contributed by atoms with Crippen LogP contribution in [0.1, 0.15) is 10.7 Å². The molecule has 0 atom stereocenters. The molecule has 20 heavy (non-hydrogen) atoms. The van der Waals surface area contributed by atoms with Gasteiger partial charge in [0.25, 0.3) is 0 Å². The van der Waals surface area contributed by atoms with Crippen molar-refractivity contribution in [3.63, 3.8) is 0 Å². The number of hydrogen-bond donors (Lipinski definition) is 1. The molecule has 2 aromatic heterocycles. The maximum absolute atomic E-state index is 5.65. The molecule has 3 rings (SSSR count). The molecule has 0 aliphatic carbocycles. The van der Waals surface area contributed by atoms with E-state index in [1.807, 2.05) is 13.1 Å². The lowest BCUT2D eigenvalue weighted by atomic mass is 10.3. The van der Waals surface area contributed by atoms with Crippen molar-refractivity contribution in [3.05, 3.63) is 16.9 Å². The Labute approximate surface area is 132 Å².